The Morgan fingerprint density at radius 3 is 2.67 bits per heavy atom. The summed E-state index contributed by atoms with van der Waals surface area (Å²) in [5.74, 6) is 3.69. The van der Waals surface area contributed by atoms with E-state index in [9.17, 15) is 4.79 Å². The number of hydrogen-bond donors (Lipinski definition) is 0. The van der Waals surface area contributed by atoms with Gasteiger partial charge in [-0.25, -0.2) is 0 Å². The van der Waals surface area contributed by atoms with Gasteiger partial charge in [0.15, 0.2) is 0 Å². The minimum atomic E-state index is 0.152. The number of thioether (sulfide) groups is 1. The Morgan fingerprint density at radius 1 is 1.30 bits per heavy atom. The Hall–Kier alpha value is -2.15. The highest BCUT2D eigenvalue weighted by atomic mass is 32.2. The molecule has 0 aliphatic heterocycles. The fourth-order valence-corrected chi connectivity index (χ4v) is 4.09. The summed E-state index contributed by atoms with van der Waals surface area (Å²) in [6.45, 7) is 4.37. The monoisotopic (exact) mass is 390 g/mol. The highest BCUT2D eigenvalue weighted by molar-refractivity contribution is 7.99. The van der Waals surface area contributed by atoms with Crippen molar-refractivity contribution in [1.29, 1.82) is 0 Å². The van der Waals surface area contributed by atoms with Crippen LogP contribution in [0, 0.1) is 13.8 Å². The van der Waals surface area contributed by atoms with Gasteiger partial charge in [0.2, 0.25) is 5.91 Å². The van der Waals surface area contributed by atoms with Crippen LogP contribution in [0.1, 0.15) is 35.4 Å². The highest BCUT2D eigenvalue weighted by Crippen LogP contribution is 2.32. The Bertz CT molecular complexity index is 782. The lowest BCUT2D eigenvalue weighted by molar-refractivity contribution is -0.129. The van der Waals surface area contributed by atoms with Crippen molar-refractivity contribution in [3.8, 4) is 11.5 Å². The third-order valence-corrected chi connectivity index (χ3v) is 5.73. The van der Waals surface area contributed by atoms with Crippen molar-refractivity contribution in [2.24, 2.45) is 0 Å². The van der Waals surface area contributed by atoms with E-state index >= 15 is 0 Å². The number of ether oxygens (including phenoxy) is 2. The van der Waals surface area contributed by atoms with E-state index < -0.39 is 0 Å². The van der Waals surface area contributed by atoms with Crippen LogP contribution in [0.5, 0.6) is 11.5 Å². The SMILES string of the molecule is COc1ccc(OC)c(CN(C(=O)CSCc2c(C)noc2C)C2CC2)c1. The van der Waals surface area contributed by atoms with Gasteiger partial charge in [0.05, 0.1) is 25.7 Å². The second-order valence-corrected chi connectivity index (χ2v) is 7.71. The number of methoxy groups -OCH3 is 2. The molecule has 1 heterocycles. The maximum Gasteiger partial charge on any atom is 0.233 e. The molecule has 7 heteroatoms. The summed E-state index contributed by atoms with van der Waals surface area (Å²) in [6.07, 6.45) is 2.12. The number of aryl methyl sites for hydroxylation is 2. The van der Waals surface area contributed by atoms with Crippen LogP contribution in [0.2, 0.25) is 0 Å². The van der Waals surface area contributed by atoms with E-state index in [0.29, 0.717) is 18.3 Å². The van der Waals surface area contributed by atoms with Gasteiger partial charge in [0, 0.05) is 29.5 Å². The summed E-state index contributed by atoms with van der Waals surface area (Å²) in [4.78, 5) is 14.8. The van der Waals surface area contributed by atoms with Crippen molar-refractivity contribution in [3.63, 3.8) is 0 Å². The average molecular weight is 391 g/mol. The van der Waals surface area contributed by atoms with Gasteiger partial charge in [0.1, 0.15) is 17.3 Å². The molecule has 0 bridgehead atoms. The van der Waals surface area contributed by atoms with Gasteiger partial charge in [-0.05, 0) is 44.9 Å². The summed E-state index contributed by atoms with van der Waals surface area (Å²) in [7, 11) is 3.29. The summed E-state index contributed by atoms with van der Waals surface area (Å²) >= 11 is 1.60. The van der Waals surface area contributed by atoms with Crippen LogP contribution in [0.3, 0.4) is 0 Å². The molecule has 1 aliphatic rings. The molecule has 2 aromatic rings. The maximum atomic E-state index is 12.9. The molecule has 3 rings (SSSR count). The molecule has 27 heavy (non-hydrogen) atoms. The van der Waals surface area contributed by atoms with Crippen molar-refractivity contribution < 1.29 is 18.8 Å². The Labute approximate surface area is 164 Å². The van der Waals surface area contributed by atoms with Gasteiger partial charge in [-0.2, -0.15) is 0 Å². The standard InChI is InChI=1S/C20H26N2O4S/c1-13-18(14(2)26-21-13)11-27-12-20(23)22(16-5-6-16)10-15-9-17(24-3)7-8-19(15)25-4/h7-9,16H,5-6,10-12H2,1-4H3. The first kappa shape index (κ1) is 19.6. The summed E-state index contributed by atoms with van der Waals surface area (Å²) in [5, 5.41) is 3.97. The van der Waals surface area contributed by atoms with E-state index in [1.807, 2.05) is 36.9 Å². The van der Waals surface area contributed by atoms with E-state index in [4.69, 9.17) is 14.0 Å². The first-order valence-corrected chi connectivity index (χ1v) is 10.2. The molecule has 1 amide bonds. The summed E-state index contributed by atoms with van der Waals surface area (Å²) < 4.78 is 16.0. The van der Waals surface area contributed by atoms with Crippen LogP contribution >= 0.6 is 11.8 Å². The van der Waals surface area contributed by atoms with E-state index in [1.54, 1.807) is 26.0 Å². The predicted molar refractivity (Wildman–Crippen MR) is 105 cm³/mol. The normalized spacial score (nSPS) is 13.5. The lowest BCUT2D eigenvalue weighted by Crippen LogP contribution is -2.34. The Balaban J connectivity index is 1.64. The quantitative estimate of drug-likeness (QED) is 0.650. The second-order valence-electron chi connectivity index (χ2n) is 6.73. The van der Waals surface area contributed by atoms with E-state index in [1.165, 1.54) is 0 Å². The summed E-state index contributed by atoms with van der Waals surface area (Å²) in [5.41, 5.74) is 2.95. The van der Waals surface area contributed by atoms with Gasteiger partial charge >= 0.3 is 0 Å². The molecular formula is C20H26N2O4S. The zero-order chi connectivity index (χ0) is 19.4. The molecule has 1 aliphatic carbocycles. The molecule has 0 atom stereocenters. The molecule has 1 aromatic heterocycles. The molecule has 1 aromatic carbocycles. The fourth-order valence-electron chi connectivity index (χ4n) is 3.03. The number of amides is 1. The molecule has 1 fully saturated rings. The molecular weight excluding hydrogens is 364 g/mol. The molecule has 0 unspecified atom stereocenters. The van der Waals surface area contributed by atoms with Gasteiger partial charge < -0.3 is 18.9 Å². The number of carbonyl (C=O) groups is 1. The molecule has 0 spiro atoms. The van der Waals surface area contributed by atoms with Crippen molar-refractivity contribution in [2.45, 2.75) is 45.0 Å². The van der Waals surface area contributed by atoms with Crippen LogP contribution in [-0.4, -0.2) is 42.0 Å². The van der Waals surface area contributed by atoms with Crippen molar-refractivity contribution in [1.82, 2.24) is 10.1 Å². The van der Waals surface area contributed by atoms with Crippen LogP contribution in [0.4, 0.5) is 0 Å². The highest BCUT2D eigenvalue weighted by Gasteiger charge is 2.33. The number of nitrogens with zero attached hydrogens (tertiary/aromatic N) is 2. The summed E-state index contributed by atoms with van der Waals surface area (Å²) in [6, 6.07) is 6.02. The zero-order valence-electron chi connectivity index (χ0n) is 16.3. The minimum Gasteiger partial charge on any atom is -0.497 e. The van der Waals surface area contributed by atoms with Crippen LogP contribution < -0.4 is 9.47 Å². The number of carbonyl (C=O) groups excluding carboxylic acids is 1. The van der Waals surface area contributed by atoms with Crippen LogP contribution in [-0.2, 0) is 17.1 Å². The molecule has 0 N–H and O–H groups in total. The third kappa shape index (κ3) is 4.77. The lowest BCUT2D eigenvalue weighted by atomic mass is 10.1. The maximum absolute atomic E-state index is 12.9. The Kier molecular flexibility index (Phi) is 6.31. The first-order valence-electron chi connectivity index (χ1n) is 9.03. The molecule has 0 saturated heterocycles. The van der Waals surface area contributed by atoms with Crippen molar-refractivity contribution >= 4 is 17.7 Å². The van der Waals surface area contributed by atoms with E-state index in [2.05, 4.69) is 5.16 Å². The third-order valence-electron chi connectivity index (χ3n) is 4.79. The Morgan fingerprint density at radius 2 is 2.07 bits per heavy atom. The van der Waals surface area contributed by atoms with Gasteiger partial charge in [-0.15, -0.1) is 11.8 Å². The van der Waals surface area contributed by atoms with Crippen LogP contribution in [0.15, 0.2) is 22.7 Å². The average Bonchev–Trinajstić information content (AvgIpc) is 3.46. The molecule has 0 radical (unpaired) electrons. The van der Waals surface area contributed by atoms with Crippen LogP contribution in [0.25, 0.3) is 0 Å². The first-order chi connectivity index (χ1) is 13.0. The topological polar surface area (TPSA) is 64.8 Å². The van der Waals surface area contributed by atoms with Gasteiger partial charge in [0.25, 0.3) is 0 Å². The minimum absolute atomic E-state index is 0.152. The molecule has 146 valence electrons. The van der Waals surface area contributed by atoms with Crippen molar-refractivity contribution in [2.75, 3.05) is 20.0 Å². The lowest BCUT2D eigenvalue weighted by Gasteiger charge is -2.24. The van der Waals surface area contributed by atoms with E-state index in [0.717, 1.165) is 52.7 Å². The second kappa shape index (κ2) is 8.69. The largest absolute Gasteiger partial charge is 0.497 e. The fraction of sp³-hybridized carbons (Fsp3) is 0.500. The van der Waals surface area contributed by atoms with E-state index in [-0.39, 0.29) is 5.91 Å². The molecule has 1 saturated carbocycles. The molecule has 6 nitrogen and oxygen atoms in total. The van der Waals surface area contributed by atoms with Crippen molar-refractivity contribution in [3.05, 3.63) is 40.8 Å². The van der Waals surface area contributed by atoms with Gasteiger partial charge in [-0.3, -0.25) is 4.79 Å². The predicted octanol–water partition coefficient (Wildman–Crippen LogP) is 3.73. The zero-order valence-corrected chi connectivity index (χ0v) is 17.1. The number of benzene rings is 1. The number of hydrogen-bond acceptors (Lipinski definition) is 6. The smallest absolute Gasteiger partial charge is 0.233 e. The van der Waals surface area contributed by atoms with Gasteiger partial charge in [-0.1, -0.05) is 5.16 Å². The number of rotatable bonds is 9. The number of aromatic nitrogens is 1.